The molecule has 1 heterocycles. The minimum Gasteiger partial charge on any atom is -0.313 e. The summed E-state index contributed by atoms with van der Waals surface area (Å²) in [6.45, 7) is 6.06. The number of carbonyl (C=O) groups excluding carboxylic acids is 3. The molecule has 2 aliphatic rings. The van der Waals surface area contributed by atoms with E-state index in [1.54, 1.807) is 36.2 Å². The van der Waals surface area contributed by atoms with Crippen LogP contribution in [0.4, 0.5) is 4.79 Å². The third-order valence-corrected chi connectivity index (χ3v) is 6.47. The summed E-state index contributed by atoms with van der Waals surface area (Å²) in [5.41, 5.74) is -0.355. The highest BCUT2D eigenvalue weighted by Crippen LogP contribution is 2.45. The Balaban J connectivity index is 1.85. The third kappa shape index (κ3) is 2.93. The van der Waals surface area contributed by atoms with E-state index in [2.05, 4.69) is 13.8 Å². The molecule has 0 aromatic heterocycles. The van der Waals surface area contributed by atoms with E-state index in [0.717, 1.165) is 24.2 Å². The van der Waals surface area contributed by atoms with Crippen LogP contribution in [0.1, 0.15) is 50.4 Å². The van der Waals surface area contributed by atoms with Crippen molar-refractivity contribution in [2.24, 2.45) is 17.8 Å². The Morgan fingerprint density at radius 1 is 1.15 bits per heavy atom. The lowest BCUT2D eigenvalue weighted by molar-refractivity contribution is -0.136. The van der Waals surface area contributed by atoms with Gasteiger partial charge >= 0.3 is 6.03 Å². The molecule has 0 N–H and O–H groups in total. The van der Waals surface area contributed by atoms with Crippen LogP contribution in [0, 0.1) is 17.8 Å². The molecule has 5 nitrogen and oxygen atoms in total. The molecule has 1 saturated heterocycles. The second-order valence-electron chi connectivity index (χ2n) is 8.17. The number of hydrogen-bond donors (Lipinski definition) is 0. The van der Waals surface area contributed by atoms with E-state index in [9.17, 15) is 14.4 Å². The first-order valence-electron chi connectivity index (χ1n) is 9.44. The number of likely N-dealkylation sites (N-methyl/N-ethyl adjacent to an activating group) is 1. The SMILES string of the molecule is C[C@H]1CC[C@@H](C)C(C2(C)C(=O)N(CC(=O)c3ccccc3)C(=O)N2C)C1. The summed E-state index contributed by atoms with van der Waals surface area (Å²) in [4.78, 5) is 41.3. The van der Waals surface area contributed by atoms with Gasteiger partial charge in [-0.25, -0.2) is 4.79 Å². The maximum absolute atomic E-state index is 13.3. The highest BCUT2D eigenvalue weighted by atomic mass is 16.2. The molecule has 1 aliphatic carbocycles. The van der Waals surface area contributed by atoms with Gasteiger partial charge in [0, 0.05) is 12.6 Å². The maximum Gasteiger partial charge on any atom is 0.327 e. The first-order chi connectivity index (χ1) is 12.3. The minimum atomic E-state index is -0.873. The van der Waals surface area contributed by atoms with Gasteiger partial charge in [0.05, 0.1) is 6.54 Å². The molecule has 26 heavy (non-hydrogen) atoms. The van der Waals surface area contributed by atoms with Crippen LogP contribution >= 0.6 is 0 Å². The van der Waals surface area contributed by atoms with Gasteiger partial charge in [-0.2, -0.15) is 0 Å². The van der Waals surface area contributed by atoms with Crippen molar-refractivity contribution in [1.82, 2.24) is 9.80 Å². The van der Waals surface area contributed by atoms with Crippen LogP contribution in [0.5, 0.6) is 0 Å². The second-order valence-corrected chi connectivity index (χ2v) is 8.17. The molecular formula is C21H28N2O3. The Bertz CT molecular complexity index is 717. The fourth-order valence-electron chi connectivity index (χ4n) is 4.60. The van der Waals surface area contributed by atoms with Gasteiger partial charge in [-0.05, 0) is 31.1 Å². The van der Waals surface area contributed by atoms with Crippen LogP contribution in [0.25, 0.3) is 0 Å². The number of amides is 3. The van der Waals surface area contributed by atoms with E-state index in [-0.39, 0.29) is 30.2 Å². The molecule has 0 bridgehead atoms. The van der Waals surface area contributed by atoms with Crippen molar-refractivity contribution in [3.05, 3.63) is 35.9 Å². The molecule has 2 fully saturated rings. The summed E-state index contributed by atoms with van der Waals surface area (Å²) in [5.74, 6) is 0.587. The van der Waals surface area contributed by atoms with Crippen molar-refractivity contribution in [3.63, 3.8) is 0 Å². The van der Waals surface area contributed by atoms with E-state index >= 15 is 0 Å². The van der Waals surface area contributed by atoms with Crippen molar-refractivity contribution in [1.29, 1.82) is 0 Å². The van der Waals surface area contributed by atoms with Crippen LogP contribution in [-0.2, 0) is 4.79 Å². The van der Waals surface area contributed by atoms with Crippen molar-refractivity contribution >= 4 is 17.7 Å². The highest BCUT2D eigenvalue weighted by Gasteiger charge is 2.58. The van der Waals surface area contributed by atoms with Gasteiger partial charge in [-0.3, -0.25) is 14.5 Å². The Morgan fingerprint density at radius 2 is 1.81 bits per heavy atom. The second kappa shape index (κ2) is 6.86. The summed E-state index contributed by atoms with van der Waals surface area (Å²) in [6, 6.07) is 8.44. The smallest absolute Gasteiger partial charge is 0.313 e. The van der Waals surface area contributed by atoms with Crippen LogP contribution < -0.4 is 0 Å². The molecule has 1 aliphatic heterocycles. The Kier molecular flexibility index (Phi) is 4.91. The normalized spacial score (nSPS) is 32.2. The largest absolute Gasteiger partial charge is 0.327 e. The Morgan fingerprint density at radius 3 is 2.46 bits per heavy atom. The Hall–Kier alpha value is -2.17. The average Bonchev–Trinajstić information content (AvgIpc) is 2.80. The number of urea groups is 1. The van der Waals surface area contributed by atoms with Gasteiger partial charge < -0.3 is 4.90 Å². The first kappa shape index (κ1) is 18.6. The molecule has 0 spiro atoms. The zero-order valence-electron chi connectivity index (χ0n) is 16.1. The zero-order chi connectivity index (χ0) is 19.1. The molecule has 140 valence electrons. The number of Topliss-reactive ketones (excluding diaryl/α,β-unsaturated/α-hetero) is 1. The molecular weight excluding hydrogens is 328 g/mol. The maximum atomic E-state index is 13.3. The van der Waals surface area contributed by atoms with E-state index in [4.69, 9.17) is 0 Å². The molecule has 5 heteroatoms. The van der Waals surface area contributed by atoms with Gasteiger partial charge in [0.15, 0.2) is 5.78 Å². The molecule has 1 saturated carbocycles. The molecule has 3 amide bonds. The fraction of sp³-hybridized carbons (Fsp3) is 0.571. The number of carbonyl (C=O) groups is 3. The van der Waals surface area contributed by atoms with E-state index in [0.29, 0.717) is 17.4 Å². The minimum absolute atomic E-state index is 0.115. The summed E-state index contributed by atoms with van der Waals surface area (Å²) in [7, 11) is 1.69. The summed E-state index contributed by atoms with van der Waals surface area (Å²) in [5, 5.41) is 0. The standard InChI is InChI=1S/C21H28N2O3/c1-14-10-11-15(2)17(12-14)21(3)19(25)23(20(26)22(21)4)13-18(24)16-8-6-5-7-9-16/h5-9,14-15,17H,10-13H2,1-4H3/t14-,15+,17?,21?/m0/s1. The topological polar surface area (TPSA) is 57.7 Å². The van der Waals surface area contributed by atoms with E-state index in [1.165, 1.54) is 0 Å². The molecule has 4 atom stereocenters. The zero-order valence-corrected chi connectivity index (χ0v) is 16.1. The summed E-state index contributed by atoms with van der Waals surface area (Å²) in [6.07, 6.45) is 3.16. The predicted octanol–water partition coefficient (Wildman–Crippen LogP) is 3.59. The van der Waals surface area contributed by atoms with Crippen molar-refractivity contribution < 1.29 is 14.4 Å². The van der Waals surface area contributed by atoms with Crippen LogP contribution in [0.2, 0.25) is 0 Å². The number of imide groups is 1. The lowest BCUT2D eigenvalue weighted by Crippen LogP contribution is -2.54. The van der Waals surface area contributed by atoms with Crippen LogP contribution in [-0.4, -0.2) is 46.7 Å². The van der Waals surface area contributed by atoms with Crippen molar-refractivity contribution in [2.45, 2.75) is 45.6 Å². The fourth-order valence-corrected chi connectivity index (χ4v) is 4.60. The van der Waals surface area contributed by atoms with E-state index < -0.39 is 5.54 Å². The average molecular weight is 356 g/mol. The van der Waals surface area contributed by atoms with E-state index in [1.807, 2.05) is 13.0 Å². The van der Waals surface area contributed by atoms with Gasteiger partial charge in [0.25, 0.3) is 5.91 Å². The monoisotopic (exact) mass is 356 g/mol. The van der Waals surface area contributed by atoms with Crippen molar-refractivity contribution in [2.75, 3.05) is 13.6 Å². The molecule has 1 aromatic carbocycles. The number of nitrogens with zero attached hydrogens (tertiary/aromatic N) is 2. The van der Waals surface area contributed by atoms with Crippen LogP contribution in [0.15, 0.2) is 30.3 Å². The van der Waals surface area contributed by atoms with Crippen molar-refractivity contribution in [3.8, 4) is 0 Å². The van der Waals surface area contributed by atoms with Gasteiger partial charge in [-0.1, -0.05) is 57.0 Å². The third-order valence-electron chi connectivity index (χ3n) is 6.47. The molecule has 2 unspecified atom stereocenters. The number of ketones is 1. The molecule has 3 rings (SSSR count). The molecule has 1 aromatic rings. The lowest BCUT2D eigenvalue weighted by Gasteiger charge is -2.44. The molecule has 0 radical (unpaired) electrons. The first-order valence-corrected chi connectivity index (χ1v) is 9.44. The van der Waals surface area contributed by atoms with Gasteiger partial charge in [0.1, 0.15) is 5.54 Å². The Labute approximate surface area is 155 Å². The predicted molar refractivity (Wildman–Crippen MR) is 99.7 cm³/mol. The van der Waals surface area contributed by atoms with Gasteiger partial charge in [-0.15, -0.1) is 0 Å². The number of rotatable bonds is 4. The quantitative estimate of drug-likeness (QED) is 0.612. The number of benzene rings is 1. The summed E-state index contributed by atoms with van der Waals surface area (Å²) < 4.78 is 0. The summed E-state index contributed by atoms with van der Waals surface area (Å²) >= 11 is 0. The van der Waals surface area contributed by atoms with Crippen LogP contribution in [0.3, 0.4) is 0 Å². The highest BCUT2D eigenvalue weighted by molar-refractivity contribution is 6.11. The lowest BCUT2D eigenvalue weighted by atomic mass is 9.66. The van der Waals surface area contributed by atoms with Gasteiger partial charge in [0.2, 0.25) is 0 Å². The number of hydrogen-bond acceptors (Lipinski definition) is 3.